The Morgan fingerprint density at radius 2 is 1.67 bits per heavy atom. The van der Waals surface area contributed by atoms with E-state index in [0.29, 0.717) is 10.8 Å². The summed E-state index contributed by atoms with van der Waals surface area (Å²) in [6.45, 7) is 21.2. The molecular weight excluding hydrogens is 372 g/mol. The van der Waals surface area contributed by atoms with Gasteiger partial charge in [0.25, 0.3) is 0 Å². The molecule has 0 bridgehead atoms. The van der Waals surface area contributed by atoms with Crippen LogP contribution in [-0.4, -0.2) is 28.6 Å². The van der Waals surface area contributed by atoms with Crippen molar-refractivity contribution in [3.63, 3.8) is 0 Å². The van der Waals surface area contributed by atoms with Crippen LogP contribution in [0.2, 0.25) is 18.1 Å². The smallest absolute Gasteiger partial charge is 0.192 e. The minimum atomic E-state index is -3.40. The molecule has 1 rings (SSSR count). The van der Waals surface area contributed by atoms with Gasteiger partial charge in [-0.3, -0.25) is 0 Å². The van der Waals surface area contributed by atoms with Gasteiger partial charge in [0.05, 0.1) is 16.8 Å². The molecule has 0 aromatic heterocycles. The zero-order valence-corrected chi connectivity index (χ0v) is 20.2. The van der Waals surface area contributed by atoms with E-state index in [2.05, 4.69) is 54.3 Å². The molecule has 0 radical (unpaired) electrons. The third-order valence-electron chi connectivity index (χ3n) is 5.53. The van der Waals surface area contributed by atoms with Crippen molar-refractivity contribution in [3.8, 4) is 0 Å². The van der Waals surface area contributed by atoms with Gasteiger partial charge < -0.3 is 4.43 Å². The number of benzene rings is 1. The summed E-state index contributed by atoms with van der Waals surface area (Å²) in [6.07, 6.45) is 2.46. The zero-order valence-electron chi connectivity index (χ0n) is 18.4. The summed E-state index contributed by atoms with van der Waals surface area (Å²) < 4.78 is 32.6. The van der Waals surface area contributed by atoms with E-state index in [1.165, 1.54) is 0 Å². The fourth-order valence-electron chi connectivity index (χ4n) is 2.75. The van der Waals surface area contributed by atoms with Crippen molar-refractivity contribution >= 4 is 18.2 Å². The number of sulfone groups is 1. The average Bonchev–Trinajstić information content (AvgIpc) is 2.50. The topological polar surface area (TPSA) is 43.4 Å². The molecule has 0 heterocycles. The molecule has 0 aliphatic heterocycles. The van der Waals surface area contributed by atoms with E-state index in [0.717, 1.165) is 12.0 Å². The lowest BCUT2D eigenvalue weighted by Crippen LogP contribution is -2.46. The lowest BCUT2D eigenvalue weighted by Gasteiger charge is -2.41. The molecule has 0 aliphatic rings. The maximum Gasteiger partial charge on any atom is 0.192 e. The van der Waals surface area contributed by atoms with Crippen molar-refractivity contribution in [2.24, 2.45) is 11.8 Å². The Kier molecular flexibility index (Phi) is 8.09. The molecule has 0 N–H and O–H groups in total. The van der Waals surface area contributed by atoms with Crippen LogP contribution in [-0.2, 0) is 14.3 Å². The van der Waals surface area contributed by atoms with E-state index in [1.807, 2.05) is 19.1 Å². The molecule has 1 aromatic rings. The van der Waals surface area contributed by atoms with Crippen LogP contribution in [0.3, 0.4) is 0 Å². The Balaban J connectivity index is 3.14. The van der Waals surface area contributed by atoms with Crippen LogP contribution in [0.15, 0.2) is 41.8 Å². The second kappa shape index (κ2) is 9.06. The van der Waals surface area contributed by atoms with Gasteiger partial charge in [-0.25, -0.2) is 8.42 Å². The lowest BCUT2D eigenvalue weighted by atomic mass is 9.96. The Bertz CT molecular complexity index is 713. The number of hydrogen-bond acceptors (Lipinski definition) is 3. The molecule has 0 amide bonds. The predicted molar refractivity (Wildman–Crippen MR) is 118 cm³/mol. The first kappa shape index (κ1) is 24.1. The molecule has 27 heavy (non-hydrogen) atoms. The summed E-state index contributed by atoms with van der Waals surface area (Å²) in [5.74, 6) is 0.225. The van der Waals surface area contributed by atoms with E-state index >= 15 is 0 Å². The summed E-state index contributed by atoms with van der Waals surface area (Å²) in [5, 5.41) is 0.0732. The van der Waals surface area contributed by atoms with Crippen LogP contribution in [0.5, 0.6) is 0 Å². The molecule has 0 spiro atoms. The van der Waals surface area contributed by atoms with Crippen molar-refractivity contribution in [1.29, 1.82) is 0 Å². The first-order valence-corrected chi connectivity index (χ1v) is 14.4. The van der Waals surface area contributed by atoms with Gasteiger partial charge in [0.2, 0.25) is 0 Å². The first-order valence-electron chi connectivity index (χ1n) is 9.79. The fourth-order valence-corrected chi connectivity index (χ4v) is 5.73. The zero-order chi connectivity index (χ0) is 21.0. The maximum absolute atomic E-state index is 13.0. The van der Waals surface area contributed by atoms with Gasteiger partial charge in [0.1, 0.15) is 0 Å². The second-order valence-electron chi connectivity index (χ2n) is 9.54. The normalized spacial score (nSPS) is 15.6. The SMILES string of the molecule is C=CC(CS(=O)(=O)c1ccc(C)cc1)C(CC(C)C)O[Si](C)(C)C(C)(C)C. The van der Waals surface area contributed by atoms with Crippen molar-refractivity contribution in [3.05, 3.63) is 42.5 Å². The molecule has 2 atom stereocenters. The van der Waals surface area contributed by atoms with Crippen molar-refractivity contribution in [1.82, 2.24) is 0 Å². The van der Waals surface area contributed by atoms with Crippen LogP contribution >= 0.6 is 0 Å². The minimum absolute atomic E-state index is 0.0333. The van der Waals surface area contributed by atoms with Crippen molar-refractivity contribution < 1.29 is 12.8 Å². The number of rotatable bonds is 9. The van der Waals surface area contributed by atoms with Gasteiger partial charge in [0.15, 0.2) is 18.2 Å². The van der Waals surface area contributed by atoms with Crippen molar-refractivity contribution in [2.45, 2.75) is 77.1 Å². The highest BCUT2D eigenvalue weighted by Gasteiger charge is 2.41. The summed E-state index contributed by atoms with van der Waals surface area (Å²) in [5.41, 5.74) is 1.05. The quantitative estimate of drug-likeness (QED) is 0.370. The van der Waals surface area contributed by atoms with Crippen molar-refractivity contribution in [2.75, 3.05) is 5.75 Å². The van der Waals surface area contributed by atoms with E-state index < -0.39 is 18.2 Å². The molecule has 0 saturated heterocycles. The number of hydrogen-bond donors (Lipinski definition) is 0. The molecule has 2 unspecified atom stereocenters. The predicted octanol–water partition coefficient (Wildman–Crippen LogP) is 6.01. The minimum Gasteiger partial charge on any atom is -0.413 e. The average molecular weight is 411 g/mol. The summed E-state index contributed by atoms with van der Waals surface area (Å²) in [4.78, 5) is 0.371. The Morgan fingerprint density at radius 3 is 2.07 bits per heavy atom. The third kappa shape index (κ3) is 6.88. The molecule has 0 fully saturated rings. The molecular formula is C22H38O3SSi. The van der Waals surface area contributed by atoms with E-state index in [4.69, 9.17) is 4.43 Å². The van der Waals surface area contributed by atoms with Gasteiger partial charge >= 0.3 is 0 Å². The standard InChI is InChI=1S/C22H38O3SSi/c1-10-19(16-26(23,24)20-13-11-18(4)12-14-20)21(15-17(2)3)25-27(8,9)22(5,6)7/h10-14,17,19,21H,1,15-16H2,2-9H3. The van der Waals surface area contributed by atoms with Crippen LogP contribution in [0.4, 0.5) is 0 Å². The van der Waals surface area contributed by atoms with E-state index in [1.54, 1.807) is 18.2 Å². The van der Waals surface area contributed by atoms with Crippen LogP contribution in [0.1, 0.15) is 46.6 Å². The van der Waals surface area contributed by atoms with Gasteiger partial charge in [-0.15, -0.1) is 6.58 Å². The van der Waals surface area contributed by atoms with Gasteiger partial charge in [-0.2, -0.15) is 0 Å². The van der Waals surface area contributed by atoms with E-state index in [9.17, 15) is 8.42 Å². The van der Waals surface area contributed by atoms with Crippen LogP contribution in [0.25, 0.3) is 0 Å². The van der Waals surface area contributed by atoms with Gasteiger partial charge in [0, 0.05) is 5.92 Å². The van der Waals surface area contributed by atoms with Gasteiger partial charge in [-0.1, -0.05) is 58.4 Å². The third-order valence-corrected chi connectivity index (χ3v) is 11.8. The lowest BCUT2D eigenvalue weighted by molar-refractivity contribution is 0.123. The molecule has 0 aliphatic carbocycles. The molecule has 0 saturated carbocycles. The summed E-state index contributed by atoms with van der Waals surface area (Å²) in [6, 6.07) is 7.06. The Hall–Kier alpha value is -0.913. The number of aryl methyl sites for hydroxylation is 1. The fraction of sp³-hybridized carbons (Fsp3) is 0.636. The molecule has 3 nitrogen and oxygen atoms in total. The van der Waals surface area contributed by atoms with Gasteiger partial charge in [-0.05, 0) is 49.5 Å². The van der Waals surface area contributed by atoms with Crippen LogP contribution < -0.4 is 0 Å². The molecule has 5 heteroatoms. The molecule has 1 aromatic carbocycles. The Morgan fingerprint density at radius 1 is 1.15 bits per heavy atom. The summed E-state index contributed by atoms with van der Waals surface area (Å²) in [7, 11) is -5.41. The first-order chi connectivity index (χ1) is 12.2. The second-order valence-corrected chi connectivity index (χ2v) is 16.3. The highest BCUT2D eigenvalue weighted by Crippen LogP contribution is 2.39. The molecule has 154 valence electrons. The monoisotopic (exact) mass is 410 g/mol. The highest BCUT2D eigenvalue weighted by atomic mass is 32.2. The van der Waals surface area contributed by atoms with Crippen LogP contribution in [0, 0.1) is 18.8 Å². The maximum atomic E-state index is 13.0. The Labute approximate surface area is 168 Å². The largest absolute Gasteiger partial charge is 0.413 e. The van der Waals surface area contributed by atoms with E-state index in [-0.39, 0.29) is 22.8 Å². The summed E-state index contributed by atoms with van der Waals surface area (Å²) >= 11 is 0. The highest BCUT2D eigenvalue weighted by molar-refractivity contribution is 7.91.